The molecular weight excluding hydrogens is 296 g/mol. The minimum absolute atomic E-state index is 0.130. The van der Waals surface area contributed by atoms with Gasteiger partial charge in [-0.15, -0.1) is 0 Å². The second-order valence-corrected chi connectivity index (χ2v) is 5.19. The highest BCUT2D eigenvalue weighted by Crippen LogP contribution is 2.43. The Morgan fingerprint density at radius 3 is 1.87 bits per heavy atom. The van der Waals surface area contributed by atoms with Gasteiger partial charge in [-0.25, -0.2) is 0 Å². The van der Waals surface area contributed by atoms with Crippen LogP contribution in [0.3, 0.4) is 0 Å². The van der Waals surface area contributed by atoms with Crippen LogP contribution in [0.2, 0.25) is 0 Å². The molecule has 0 radical (unpaired) electrons. The average Bonchev–Trinajstić information content (AvgIpc) is 2.60. The molecule has 5 nitrogen and oxygen atoms in total. The Balaban J connectivity index is 2.66. The zero-order chi connectivity index (χ0) is 17.0. The molecule has 0 aliphatic rings. The number of ether oxygens (including phenoxy) is 4. The van der Waals surface area contributed by atoms with Gasteiger partial charge in [-0.05, 0) is 31.2 Å². The molecule has 0 amide bonds. The summed E-state index contributed by atoms with van der Waals surface area (Å²) in [7, 11) is 6.38. The summed E-state index contributed by atoms with van der Waals surface area (Å²) >= 11 is 0. The normalized spacial score (nSPS) is 13.3. The van der Waals surface area contributed by atoms with Crippen molar-refractivity contribution in [1.82, 2.24) is 0 Å². The molecule has 0 bridgehead atoms. The van der Waals surface area contributed by atoms with E-state index in [4.69, 9.17) is 18.9 Å². The number of phenols is 1. The van der Waals surface area contributed by atoms with Crippen LogP contribution < -0.4 is 14.2 Å². The fraction of sp³-hybridized carbons (Fsp3) is 0.333. The van der Waals surface area contributed by atoms with E-state index in [1.807, 2.05) is 19.1 Å². The van der Waals surface area contributed by atoms with Crippen LogP contribution in [0.4, 0.5) is 0 Å². The molecule has 5 heteroatoms. The summed E-state index contributed by atoms with van der Waals surface area (Å²) in [5.74, 6) is 2.00. The summed E-state index contributed by atoms with van der Waals surface area (Å²) in [6.07, 6.45) is 0. The zero-order valence-electron chi connectivity index (χ0n) is 14.0. The molecule has 124 valence electrons. The molecule has 0 fully saturated rings. The summed E-state index contributed by atoms with van der Waals surface area (Å²) in [5, 5.41) is 9.68. The van der Waals surface area contributed by atoms with Crippen molar-refractivity contribution >= 4 is 0 Å². The molecule has 0 aliphatic heterocycles. The lowest BCUT2D eigenvalue weighted by molar-refractivity contribution is 0.0349. The molecule has 1 atom stereocenters. The van der Waals surface area contributed by atoms with Gasteiger partial charge in [0.05, 0.1) is 21.3 Å². The summed E-state index contributed by atoms with van der Waals surface area (Å²) in [6.45, 7) is 1.92. The van der Waals surface area contributed by atoms with Crippen molar-refractivity contribution in [2.45, 2.75) is 12.5 Å². The van der Waals surface area contributed by atoms with Crippen LogP contribution in [0, 0.1) is 0 Å². The van der Waals surface area contributed by atoms with E-state index < -0.39 is 5.60 Å². The van der Waals surface area contributed by atoms with Crippen molar-refractivity contribution in [3.05, 3.63) is 47.5 Å². The topological polar surface area (TPSA) is 57.2 Å². The second-order valence-electron chi connectivity index (χ2n) is 5.19. The van der Waals surface area contributed by atoms with Crippen molar-refractivity contribution in [2.24, 2.45) is 0 Å². The minimum Gasteiger partial charge on any atom is -0.508 e. The molecule has 2 aromatic carbocycles. The van der Waals surface area contributed by atoms with Crippen LogP contribution in [-0.2, 0) is 10.3 Å². The van der Waals surface area contributed by atoms with E-state index in [-0.39, 0.29) is 5.75 Å². The Labute approximate surface area is 136 Å². The van der Waals surface area contributed by atoms with Crippen LogP contribution in [0.25, 0.3) is 0 Å². The van der Waals surface area contributed by atoms with E-state index in [1.54, 1.807) is 52.7 Å². The Kier molecular flexibility index (Phi) is 5.01. The van der Waals surface area contributed by atoms with Gasteiger partial charge in [0.2, 0.25) is 0 Å². The van der Waals surface area contributed by atoms with Gasteiger partial charge in [0.15, 0.2) is 0 Å². The largest absolute Gasteiger partial charge is 0.508 e. The first kappa shape index (κ1) is 17.0. The van der Waals surface area contributed by atoms with Gasteiger partial charge in [0.25, 0.3) is 0 Å². The molecule has 0 heterocycles. The standard InChI is InChI=1S/C18H22O5/c1-18(23-5,14-8-6-12(19)10-16(14)21-3)15-9-7-13(20-2)11-17(15)22-4/h6-11,19H,1-5H3. The van der Waals surface area contributed by atoms with Gasteiger partial charge < -0.3 is 24.1 Å². The van der Waals surface area contributed by atoms with E-state index >= 15 is 0 Å². The number of hydrogen-bond acceptors (Lipinski definition) is 5. The summed E-state index contributed by atoms with van der Waals surface area (Å²) in [5.41, 5.74) is 0.785. The molecule has 0 aromatic heterocycles. The lowest BCUT2D eigenvalue weighted by Crippen LogP contribution is -2.27. The number of phenolic OH excluding ortho intramolecular Hbond substituents is 1. The molecule has 0 aliphatic carbocycles. The average molecular weight is 318 g/mol. The molecule has 1 N–H and O–H groups in total. The summed E-state index contributed by atoms with van der Waals surface area (Å²) in [4.78, 5) is 0. The molecular formula is C18H22O5. The third kappa shape index (κ3) is 3.05. The molecule has 2 rings (SSSR count). The first-order chi connectivity index (χ1) is 11.0. The van der Waals surface area contributed by atoms with Gasteiger partial charge in [0, 0.05) is 30.4 Å². The molecule has 0 spiro atoms. The number of hydrogen-bond donors (Lipinski definition) is 1. The van der Waals surface area contributed by atoms with Gasteiger partial charge in [-0.3, -0.25) is 0 Å². The third-order valence-corrected chi connectivity index (χ3v) is 4.03. The molecule has 2 aromatic rings. The summed E-state index contributed by atoms with van der Waals surface area (Å²) < 4.78 is 22.0. The van der Waals surface area contributed by atoms with Crippen molar-refractivity contribution in [3.63, 3.8) is 0 Å². The van der Waals surface area contributed by atoms with Gasteiger partial charge in [-0.2, -0.15) is 0 Å². The van der Waals surface area contributed by atoms with E-state index in [1.165, 1.54) is 0 Å². The van der Waals surface area contributed by atoms with Crippen LogP contribution in [0.5, 0.6) is 23.0 Å². The summed E-state index contributed by atoms with van der Waals surface area (Å²) in [6, 6.07) is 10.5. The minimum atomic E-state index is -0.823. The van der Waals surface area contributed by atoms with Crippen molar-refractivity contribution < 1.29 is 24.1 Å². The highest BCUT2D eigenvalue weighted by atomic mass is 16.5. The molecule has 0 saturated carbocycles. The lowest BCUT2D eigenvalue weighted by atomic mass is 9.86. The van der Waals surface area contributed by atoms with Crippen LogP contribution in [-0.4, -0.2) is 33.5 Å². The number of benzene rings is 2. The molecule has 23 heavy (non-hydrogen) atoms. The SMILES string of the molecule is COc1ccc(C(C)(OC)c2ccc(O)cc2OC)c(OC)c1. The van der Waals surface area contributed by atoms with Gasteiger partial charge in [0.1, 0.15) is 28.6 Å². The number of methoxy groups -OCH3 is 4. The Morgan fingerprint density at radius 2 is 1.35 bits per heavy atom. The maximum atomic E-state index is 9.68. The lowest BCUT2D eigenvalue weighted by Gasteiger charge is -2.32. The van der Waals surface area contributed by atoms with Gasteiger partial charge in [-0.1, -0.05) is 0 Å². The Bertz CT molecular complexity index is 683. The van der Waals surface area contributed by atoms with Crippen molar-refractivity contribution in [1.29, 1.82) is 0 Å². The maximum Gasteiger partial charge on any atom is 0.128 e. The first-order valence-corrected chi connectivity index (χ1v) is 7.15. The van der Waals surface area contributed by atoms with Crippen LogP contribution >= 0.6 is 0 Å². The van der Waals surface area contributed by atoms with E-state index in [9.17, 15) is 5.11 Å². The predicted octanol–water partition coefficient (Wildman–Crippen LogP) is 3.33. The second kappa shape index (κ2) is 6.79. The maximum absolute atomic E-state index is 9.68. The van der Waals surface area contributed by atoms with E-state index in [0.717, 1.165) is 11.1 Å². The molecule has 1 unspecified atom stereocenters. The van der Waals surface area contributed by atoms with Gasteiger partial charge >= 0.3 is 0 Å². The fourth-order valence-electron chi connectivity index (χ4n) is 2.63. The first-order valence-electron chi connectivity index (χ1n) is 7.15. The van der Waals surface area contributed by atoms with Crippen molar-refractivity contribution in [3.8, 4) is 23.0 Å². The third-order valence-electron chi connectivity index (χ3n) is 4.03. The predicted molar refractivity (Wildman–Crippen MR) is 87.7 cm³/mol. The smallest absolute Gasteiger partial charge is 0.128 e. The quantitative estimate of drug-likeness (QED) is 0.885. The van der Waals surface area contributed by atoms with Crippen LogP contribution in [0.1, 0.15) is 18.1 Å². The Hall–Kier alpha value is -2.40. The van der Waals surface area contributed by atoms with E-state index in [0.29, 0.717) is 17.2 Å². The van der Waals surface area contributed by atoms with Crippen LogP contribution in [0.15, 0.2) is 36.4 Å². The van der Waals surface area contributed by atoms with Crippen molar-refractivity contribution in [2.75, 3.05) is 28.4 Å². The highest BCUT2D eigenvalue weighted by Gasteiger charge is 2.35. The fourth-order valence-corrected chi connectivity index (χ4v) is 2.63. The molecule has 0 saturated heterocycles. The monoisotopic (exact) mass is 318 g/mol. The zero-order valence-corrected chi connectivity index (χ0v) is 14.0. The number of aromatic hydroxyl groups is 1. The Morgan fingerprint density at radius 1 is 0.783 bits per heavy atom. The highest BCUT2D eigenvalue weighted by molar-refractivity contribution is 5.53. The van der Waals surface area contributed by atoms with E-state index in [2.05, 4.69) is 0 Å². The number of rotatable bonds is 6.